The number of hydrogen-bond acceptors (Lipinski definition) is 6. The predicted octanol–water partition coefficient (Wildman–Crippen LogP) is 5.01. The van der Waals surface area contributed by atoms with E-state index < -0.39 is 23.8 Å². The number of allylic oxidation sites excluding steroid dienone is 1. The number of amidine groups is 1. The maximum absolute atomic E-state index is 13.1. The predicted molar refractivity (Wildman–Crippen MR) is 121 cm³/mol. The van der Waals surface area contributed by atoms with Gasteiger partial charge in [0.2, 0.25) is 5.91 Å². The van der Waals surface area contributed by atoms with E-state index in [9.17, 15) is 22.8 Å². The van der Waals surface area contributed by atoms with E-state index in [1.165, 1.54) is 31.0 Å². The second-order valence-corrected chi connectivity index (χ2v) is 8.93. The number of rotatable bonds is 7. The molecule has 2 aliphatic heterocycles. The zero-order chi connectivity index (χ0) is 24.3. The van der Waals surface area contributed by atoms with Crippen LogP contribution in [-0.4, -0.2) is 35.6 Å². The molecule has 178 valence electrons. The summed E-state index contributed by atoms with van der Waals surface area (Å²) >= 11 is 1.31. The van der Waals surface area contributed by atoms with Crippen molar-refractivity contribution in [1.82, 2.24) is 10.2 Å². The van der Waals surface area contributed by atoms with Crippen molar-refractivity contribution in [2.24, 2.45) is 10.9 Å². The van der Waals surface area contributed by atoms with Gasteiger partial charge in [0.05, 0.1) is 36.4 Å². The number of hydrogen-bond donors (Lipinski definition) is 1. The topological polar surface area (TPSA) is 71.0 Å². The third-order valence-electron chi connectivity index (χ3n) is 5.23. The van der Waals surface area contributed by atoms with Gasteiger partial charge in [0.1, 0.15) is 0 Å². The van der Waals surface area contributed by atoms with Gasteiger partial charge in [0.15, 0.2) is 5.17 Å². The number of methoxy groups -OCH3 is 1. The molecule has 0 fully saturated rings. The summed E-state index contributed by atoms with van der Waals surface area (Å²) in [6, 6.07) is 3.92. The number of ether oxygens (including phenoxy) is 1. The standard InChI is InChI=1S/C23H26F3N3O3S/c1-5-17-19(21(31)32-4)20(14-6-8-15(9-7-14)23(24,25)26)29-16(12-33-22(29)28-17)10-18(30)27-11-13(2)3/h6-9,12-13,20H,5,10-11H2,1-4H3,(H,27,30). The highest BCUT2D eigenvalue weighted by molar-refractivity contribution is 8.16. The molecule has 2 heterocycles. The van der Waals surface area contributed by atoms with Crippen molar-refractivity contribution in [1.29, 1.82) is 0 Å². The number of fused-ring (bicyclic) bond motifs is 1. The maximum atomic E-state index is 13.1. The van der Waals surface area contributed by atoms with Crippen molar-refractivity contribution in [3.63, 3.8) is 0 Å². The van der Waals surface area contributed by atoms with Crippen LogP contribution >= 0.6 is 11.8 Å². The fourth-order valence-corrected chi connectivity index (χ4v) is 4.56. The third kappa shape index (κ3) is 5.43. The van der Waals surface area contributed by atoms with Crippen LogP contribution in [0.3, 0.4) is 0 Å². The number of alkyl halides is 3. The van der Waals surface area contributed by atoms with Gasteiger partial charge < -0.3 is 15.0 Å². The van der Waals surface area contributed by atoms with Crippen LogP contribution in [0.15, 0.2) is 51.6 Å². The van der Waals surface area contributed by atoms with Gasteiger partial charge in [-0.3, -0.25) is 4.79 Å². The zero-order valence-electron chi connectivity index (χ0n) is 18.8. The highest BCUT2D eigenvalue weighted by atomic mass is 32.2. The monoisotopic (exact) mass is 481 g/mol. The van der Waals surface area contributed by atoms with Gasteiger partial charge in [-0.25, -0.2) is 9.79 Å². The first kappa shape index (κ1) is 24.9. The molecule has 1 N–H and O–H groups in total. The first-order valence-corrected chi connectivity index (χ1v) is 11.4. The SMILES string of the molecule is CCC1=C(C(=O)OC)C(c2ccc(C(F)(F)F)cc2)N2C(CC(=O)NCC(C)C)=CSC2=N1. The van der Waals surface area contributed by atoms with Crippen molar-refractivity contribution >= 4 is 28.8 Å². The molecule has 1 amide bonds. The normalized spacial score (nSPS) is 18.2. The molecule has 2 aliphatic rings. The van der Waals surface area contributed by atoms with E-state index in [0.717, 1.165) is 12.1 Å². The Morgan fingerprint density at radius 1 is 1.24 bits per heavy atom. The number of carbonyl (C=O) groups excluding carboxylic acids is 2. The van der Waals surface area contributed by atoms with E-state index >= 15 is 0 Å². The molecule has 0 aromatic heterocycles. The Balaban J connectivity index is 2.03. The molecule has 0 saturated heterocycles. The number of esters is 1. The summed E-state index contributed by atoms with van der Waals surface area (Å²) < 4.78 is 44.4. The first-order chi connectivity index (χ1) is 15.6. The van der Waals surface area contributed by atoms with Crippen LogP contribution < -0.4 is 5.32 Å². The molecule has 1 unspecified atom stereocenters. The van der Waals surface area contributed by atoms with E-state index in [0.29, 0.717) is 35.1 Å². The quantitative estimate of drug-likeness (QED) is 0.555. The van der Waals surface area contributed by atoms with E-state index in [1.807, 2.05) is 20.8 Å². The maximum Gasteiger partial charge on any atom is 0.416 e. The molecule has 10 heteroatoms. The van der Waals surface area contributed by atoms with Crippen LogP contribution in [0, 0.1) is 5.92 Å². The summed E-state index contributed by atoms with van der Waals surface area (Å²) in [5, 5.41) is 5.22. The van der Waals surface area contributed by atoms with Crippen molar-refractivity contribution in [3.8, 4) is 0 Å². The third-order valence-corrected chi connectivity index (χ3v) is 6.12. The Morgan fingerprint density at radius 3 is 2.45 bits per heavy atom. The van der Waals surface area contributed by atoms with Gasteiger partial charge in [0, 0.05) is 12.2 Å². The van der Waals surface area contributed by atoms with Crippen molar-refractivity contribution in [2.45, 2.75) is 45.8 Å². The Morgan fingerprint density at radius 2 is 1.91 bits per heavy atom. The number of halogens is 3. The number of amides is 1. The molecule has 3 rings (SSSR count). The lowest BCUT2D eigenvalue weighted by atomic mass is 9.92. The molecule has 0 bridgehead atoms. The zero-order valence-corrected chi connectivity index (χ0v) is 19.6. The molecule has 6 nitrogen and oxygen atoms in total. The molecule has 33 heavy (non-hydrogen) atoms. The molecule has 0 radical (unpaired) electrons. The Hall–Kier alpha value is -2.75. The van der Waals surface area contributed by atoms with Gasteiger partial charge in [-0.1, -0.05) is 44.7 Å². The fraction of sp³-hybridized carbons (Fsp3) is 0.435. The van der Waals surface area contributed by atoms with Crippen molar-refractivity contribution in [2.75, 3.05) is 13.7 Å². The number of carbonyl (C=O) groups is 2. The average molecular weight is 482 g/mol. The lowest BCUT2D eigenvalue weighted by Gasteiger charge is -2.36. The Labute approximate surface area is 195 Å². The molecule has 1 aromatic rings. The second-order valence-electron chi connectivity index (χ2n) is 8.09. The summed E-state index contributed by atoms with van der Waals surface area (Å²) in [4.78, 5) is 31.6. The van der Waals surface area contributed by atoms with Gasteiger partial charge in [-0.15, -0.1) is 0 Å². The molecule has 0 saturated carbocycles. The Bertz CT molecular complexity index is 1010. The van der Waals surface area contributed by atoms with Crippen LogP contribution in [-0.2, 0) is 20.5 Å². The minimum absolute atomic E-state index is 0.0474. The van der Waals surface area contributed by atoms with Crippen LogP contribution in [0.4, 0.5) is 13.2 Å². The molecule has 1 aromatic carbocycles. The largest absolute Gasteiger partial charge is 0.466 e. The van der Waals surface area contributed by atoms with Gasteiger partial charge in [0.25, 0.3) is 0 Å². The fourth-order valence-electron chi connectivity index (χ4n) is 3.63. The van der Waals surface area contributed by atoms with Crippen molar-refractivity contribution in [3.05, 3.63) is 57.8 Å². The molecular formula is C23H26F3N3O3S. The molecular weight excluding hydrogens is 455 g/mol. The van der Waals surface area contributed by atoms with Crippen LogP contribution in [0.5, 0.6) is 0 Å². The Kier molecular flexibility index (Phi) is 7.56. The molecule has 0 aliphatic carbocycles. The highest BCUT2D eigenvalue weighted by Gasteiger charge is 2.42. The lowest BCUT2D eigenvalue weighted by molar-refractivity contribution is -0.138. The van der Waals surface area contributed by atoms with Crippen molar-refractivity contribution < 1.29 is 27.5 Å². The van der Waals surface area contributed by atoms with Crippen LogP contribution in [0.25, 0.3) is 0 Å². The number of aliphatic imine (C=N–C) groups is 1. The van der Waals surface area contributed by atoms with Crippen LogP contribution in [0.2, 0.25) is 0 Å². The summed E-state index contributed by atoms with van der Waals surface area (Å²) in [6.07, 6.45) is -3.99. The summed E-state index contributed by atoms with van der Waals surface area (Å²) in [5.41, 5.74) is 1.05. The minimum atomic E-state index is -4.48. The van der Waals surface area contributed by atoms with Gasteiger partial charge in [-0.05, 0) is 35.4 Å². The number of nitrogens with zero attached hydrogens (tertiary/aromatic N) is 2. The van der Waals surface area contributed by atoms with E-state index in [2.05, 4.69) is 10.3 Å². The lowest BCUT2D eigenvalue weighted by Crippen LogP contribution is -2.38. The highest BCUT2D eigenvalue weighted by Crippen LogP contribution is 2.45. The van der Waals surface area contributed by atoms with Crippen LogP contribution in [0.1, 0.15) is 50.8 Å². The summed E-state index contributed by atoms with van der Waals surface area (Å²) in [7, 11) is 1.25. The number of nitrogens with one attached hydrogen (secondary N) is 1. The summed E-state index contributed by atoms with van der Waals surface area (Å²) in [5.74, 6) is -0.512. The molecule has 1 atom stereocenters. The minimum Gasteiger partial charge on any atom is -0.466 e. The van der Waals surface area contributed by atoms with E-state index in [-0.39, 0.29) is 23.8 Å². The smallest absolute Gasteiger partial charge is 0.416 e. The second kappa shape index (κ2) is 10.0. The van der Waals surface area contributed by atoms with E-state index in [4.69, 9.17) is 4.74 Å². The van der Waals surface area contributed by atoms with Gasteiger partial charge >= 0.3 is 12.1 Å². The molecule has 0 spiro atoms. The summed E-state index contributed by atoms with van der Waals surface area (Å²) in [6.45, 7) is 6.34. The first-order valence-electron chi connectivity index (χ1n) is 10.6. The van der Waals surface area contributed by atoms with Gasteiger partial charge in [-0.2, -0.15) is 13.2 Å². The average Bonchev–Trinajstić information content (AvgIpc) is 3.17. The number of thioether (sulfide) groups is 1. The number of benzene rings is 1. The van der Waals surface area contributed by atoms with E-state index in [1.54, 1.807) is 10.3 Å².